The first kappa shape index (κ1) is 44.1. The van der Waals surface area contributed by atoms with Gasteiger partial charge in [-0.3, -0.25) is 14.4 Å². The van der Waals surface area contributed by atoms with Gasteiger partial charge in [0, 0.05) is 19.3 Å². The van der Waals surface area contributed by atoms with Gasteiger partial charge in [0.1, 0.15) is 13.2 Å². The van der Waals surface area contributed by atoms with Crippen molar-refractivity contribution in [3.8, 4) is 0 Å². The fourth-order valence-corrected chi connectivity index (χ4v) is 5.49. The zero-order valence-electron chi connectivity index (χ0n) is 30.6. The van der Waals surface area contributed by atoms with Gasteiger partial charge in [0.15, 0.2) is 6.10 Å². The summed E-state index contributed by atoms with van der Waals surface area (Å²) < 4.78 is 16.5. The van der Waals surface area contributed by atoms with E-state index in [0.29, 0.717) is 19.3 Å². The SMILES string of the molecule is CCCCC/C=C\CCCCCCCC(=O)OCC(COC(=O)CCCCCCCCC)OC(=O)CCCCCCCCCCC. The predicted octanol–water partition coefficient (Wildman–Crippen LogP) is 11.9. The molecule has 0 fully saturated rings. The number of allylic oxidation sites excluding steroid dienone is 2. The first-order chi connectivity index (χ1) is 22.5. The molecule has 270 valence electrons. The maximum Gasteiger partial charge on any atom is 0.306 e. The molecule has 6 heteroatoms. The van der Waals surface area contributed by atoms with Crippen molar-refractivity contribution in [2.75, 3.05) is 13.2 Å². The number of ether oxygens (including phenoxy) is 3. The predicted molar refractivity (Wildman–Crippen MR) is 192 cm³/mol. The Morgan fingerprint density at radius 1 is 0.413 bits per heavy atom. The molecule has 0 rings (SSSR count). The van der Waals surface area contributed by atoms with Gasteiger partial charge in [-0.15, -0.1) is 0 Å². The highest BCUT2D eigenvalue weighted by Gasteiger charge is 2.19. The molecule has 0 heterocycles. The monoisotopic (exact) mass is 651 g/mol. The molecule has 0 amide bonds. The van der Waals surface area contributed by atoms with E-state index in [-0.39, 0.29) is 31.1 Å². The standard InChI is InChI=1S/C40H74O6/c1-4-7-10-13-16-18-19-20-22-24-27-30-33-39(42)45-36-37(35-44-38(41)32-29-26-23-15-12-9-6-3)46-40(43)34-31-28-25-21-17-14-11-8-5-2/h16,18,37H,4-15,17,19-36H2,1-3H3/b18-16-. The van der Waals surface area contributed by atoms with Crippen LogP contribution in [0.5, 0.6) is 0 Å². The Labute approximate surface area is 284 Å². The van der Waals surface area contributed by atoms with E-state index in [4.69, 9.17) is 14.2 Å². The highest BCUT2D eigenvalue weighted by Crippen LogP contribution is 2.13. The van der Waals surface area contributed by atoms with Crippen LogP contribution >= 0.6 is 0 Å². The van der Waals surface area contributed by atoms with E-state index in [2.05, 4.69) is 32.9 Å². The van der Waals surface area contributed by atoms with Gasteiger partial charge in [-0.1, -0.05) is 155 Å². The van der Waals surface area contributed by atoms with E-state index < -0.39 is 6.10 Å². The number of carbonyl (C=O) groups excluding carboxylic acids is 3. The van der Waals surface area contributed by atoms with Crippen LogP contribution in [0.4, 0.5) is 0 Å². The van der Waals surface area contributed by atoms with Crippen LogP contribution in [-0.4, -0.2) is 37.2 Å². The van der Waals surface area contributed by atoms with Gasteiger partial charge in [-0.05, 0) is 44.9 Å². The topological polar surface area (TPSA) is 78.9 Å². The molecular formula is C40H74O6. The summed E-state index contributed by atoms with van der Waals surface area (Å²) in [4.78, 5) is 37.3. The summed E-state index contributed by atoms with van der Waals surface area (Å²) in [6.07, 6.45) is 34.9. The molecule has 0 aromatic rings. The first-order valence-corrected chi connectivity index (χ1v) is 19.7. The van der Waals surface area contributed by atoms with Gasteiger partial charge in [-0.2, -0.15) is 0 Å². The van der Waals surface area contributed by atoms with E-state index in [0.717, 1.165) is 64.2 Å². The third-order valence-corrected chi connectivity index (χ3v) is 8.52. The molecule has 0 aliphatic rings. The molecule has 0 radical (unpaired) electrons. The Hall–Kier alpha value is -1.85. The second-order valence-electron chi connectivity index (χ2n) is 13.2. The van der Waals surface area contributed by atoms with Gasteiger partial charge in [-0.25, -0.2) is 0 Å². The molecular weight excluding hydrogens is 576 g/mol. The van der Waals surface area contributed by atoms with E-state index in [1.807, 2.05) is 0 Å². The second kappa shape index (κ2) is 36.0. The Kier molecular flexibility index (Phi) is 34.5. The number of unbranched alkanes of at least 4 members (excludes halogenated alkanes) is 22. The van der Waals surface area contributed by atoms with Gasteiger partial charge in [0.25, 0.3) is 0 Å². The number of esters is 3. The molecule has 1 unspecified atom stereocenters. The molecule has 6 nitrogen and oxygen atoms in total. The van der Waals surface area contributed by atoms with Crippen LogP contribution in [0.2, 0.25) is 0 Å². The largest absolute Gasteiger partial charge is 0.462 e. The molecule has 0 saturated carbocycles. The number of hydrogen-bond acceptors (Lipinski definition) is 6. The molecule has 0 aliphatic carbocycles. The average Bonchev–Trinajstić information content (AvgIpc) is 3.05. The van der Waals surface area contributed by atoms with E-state index in [1.165, 1.54) is 103 Å². The van der Waals surface area contributed by atoms with Crippen LogP contribution in [0.1, 0.15) is 207 Å². The lowest BCUT2D eigenvalue weighted by Gasteiger charge is -2.18. The van der Waals surface area contributed by atoms with E-state index >= 15 is 0 Å². The van der Waals surface area contributed by atoms with Crippen LogP contribution in [-0.2, 0) is 28.6 Å². The van der Waals surface area contributed by atoms with Crippen LogP contribution in [0.3, 0.4) is 0 Å². The molecule has 1 atom stereocenters. The lowest BCUT2D eigenvalue weighted by Crippen LogP contribution is -2.30. The minimum absolute atomic E-state index is 0.0703. The average molecular weight is 651 g/mol. The molecule has 0 spiro atoms. The summed E-state index contributed by atoms with van der Waals surface area (Å²) in [5, 5.41) is 0. The smallest absolute Gasteiger partial charge is 0.306 e. The van der Waals surface area contributed by atoms with E-state index in [9.17, 15) is 14.4 Å². The van der Waals surface area contributed by atoms with Gasteiger partial charge >= 0.3 is 17.9 Å². The van der Waals surface area contributed by atoms with Crippen LogP contribution < -0.4 is 0 Å². The quantitative estimate of drug-likeness (QED) is 0.0294. The fourth-order valence-electron chi connectivity index (χ4n) is 5.49. The van der Waals surface area contributed by atoms with Gasteiger partial charge in [0.05, 0.1) is 0 Å². The van der Waals surface area contributed by atoms with Crippen molar-refractivity contribution >= 4 is 17.9 Å². The van der Waals surface area contributed by atoms with E-state index in [1.54, 1.807) is 0 Å². The highest BCUT2D eigenvalue weighted by atomic mass is 16.6. The molecule has 0 saturated heterocycles. The van der Waals surface area contributed by atoms with Crippen molar-refractivity contribution in [1.29, 1.82) is 0 Å². The normalized spacial score (nSPS) is 12.0. The van der Waals surface area contributed by atoms with Crippen molar-refractivity contribution in [2.24, 2.45) is 0 Å². The fraction of sp³-hybridized carbons (Fsp3) is 0.875. The maximum atomic E-state index is 12.6. The lowest BCUT2D eigenvalue weighted by molar-refractivity contribution is -0.167. The Morgan fingerprint density at radius 3 is 1.13 bits per heavy atom. The van der Waals surface area contributed by atoms with Crippen molar-refractivity contribution in [3.05, 3.63) is 12.2 Å². The minimum Gasteiger partial charge on any atom is -0.462 e. The molecule has 0 aromatic carbocycles. The first-order valence-electron chi connectivity index (χ1n) is 19.7. The summed E-state index contributed by atoms with van der Waals surface area (Å²) >= 11 is 0. The van der Waals surface area contributed by atoms with Crippen molar-refractivity contribution in [3.63, 3.8) is 0 Å². The summed E-state index contributed by atoms with van der Waals surface area (Å²) in [6, 6.07) is 0. The summed E-state index contributed by atoms with van der Waals surface area (Å²) in [7, 11) is 0. The van der Waals surface area contributed by atoms with Crippen LogP contribution in [0.25, 0.3) is 0 Å². The lowest BCUT2D eigenvalue weighted by atomic mass is 10.1. The molecule has 0 N–H and O–H groups in total. The summed E-state index contributed by atoms with van der Waals surface area (Å²) in [6.45, 7) is 6.52. The minimum atomic E-state index is -0.761. The second-order valence-corrected chi connectivity index (χ2v) is 13.2. The Balaban J connectivity index is 4.33. The van der Waals surface area contributed by atoms with Crippen LogP contribution in [0.15, 0.2) is 12.2 Å². The molecule has 46 heavy (non-hydrogen) atoms. The van der Waals surface area contributed by atoms with Gasteiger partial charge in [0.2, 0.25) is 0 Å². The maximum absolute atomic E-state index is 12.6. The third kappa shape index (κ3) is 33.5. The van der Waals surface area contributed by atoms with Gasteiger partial charge < -0.3 is 14.2 Å². The highest BCUT2D eigenvalue weighted by molar-refractivity contribution is 5.71. The number of rotatable bonds is 35. The number of hydrogen-bond donors (Lipinski definition) is 0. The molecule has 0 aliphatic heterocycles. The third-order valence-electron chi connectivity index (χ3n) is 8.52. The summed E-state index contributed by atoms with van der Waals surface area (Å²) in [5.41, 5.74) is 0. The number of carbonyl (C=O) groups is 3. The van der Waals surface area contributed by atoms with Crippen molar-refractivity contribution < 1.29 is 28.6 Å². The Morgan fingerprint density at radius 2 is 0.717 bits per heavy atom. The zero-order chi connectivity index (χ0) is 33.8. The molecule has 0 bridgehead atoms. The zero-order valence-corrected chi connectivity index (χ0v) is 30.6. The van der Waals surface area contributed by atoms with Crippen molar-refractivity contribution in [2.45, 2.75) is 213 Å². The summed E-state index contributed by atoms with van der Waals surface area (Å²) in [5.74, 6) is -0.890. The Bertz CT molecular complexity index is 719. The van der Waals surface area contributed by atoms with Crippen molar-refractivity contribution in [1.82, 2.24) is 0 Å². The van der Waals surface area contributed by atoms with Crippen LogP contribution in [0, 0.1) is 0 Å². The molecule has 0 aromatic heterocycles.